The maximum atomic E-state index is 12.4. The highest BCUT2D eigenvalue weighted by Crippen LogP contribution is 2.44. The maximum absolute atomic E-state index is 12.4. The van der Waals surface area contributed by atoms with Crippen LogP contribution in [0.15, 0.2) is 28.7 Å². The number of halogens is 1. The fourth-order valence-electron chi connectivity index (χ4n) is 3.12. The molecule has 1 aromatic carbocycles. The van der Waals surface area contributed by atoms with Gasteiger partial charge in [-0.05, 0) is 31.0 Å². The minimum Gasteiger partial charge on any atom is -0.481 e. The summed E-state index contributed by atoms with van der Waals surface area (Å²) < 4.78 is 6.45. The molecular formula is C14H14BrNO4. The first-order chi connectivity index (χ1) is 9.56. The number of carboxylic acids is 1. The monoisotopic (exact) mass is 339 g/mol. The average Bonchev–Trinajstić information content (AvgIpc) is 2.98. The van der Waals surface area contributed by atoms with E-state index < -0.39 is 17.8 Å². The predicted octanol–water partition coefficient (Wildman–Crippen LogP) is 2.27. The molecular weight excluding hydrogens is 326 g/mol. The Morgan fingerprint density at radius 2 is 1.95 bits per heavy atom. The zero-order valence-electron chi connectivity index (χ0n) is 10.6. The van der Waals surface area contributed by atoms with E-state index in [9.17, 15) is 14.7 Å². The topological polar surface area (TPSA) is 75.6 Å². The summed E-state index contributed by atoms with van der Waals surface area (Å²) in [7, 11) is 0. The Balaban J connectivity index is 1.78. The van der Waals surface area contributed by atoms with Crippen LogP contribution in [0.4, 0.5) is 5.69 Å². The van der Waals surface area contributed by atoms with Crippen LogP contribution in [0.25, 0.3) is 0 Å². The lowest BCUT2D eigenvalue weighted by Gasteiger charge is -2.23. The first kappa shape index (κ1) is 13.6. The molecule has 2 N–H and O–H groups in total. The van der Waals surface area contributed by atoms with E-state index in [0.29, 0.717) is 5.69 Å². The Bertz CT molecular complexity index is 562. The van der Waals surface area contributed by atoms with Crippen molar-refractivity contribution < 1.29 is 19.4 Å². The van der Waals surface area contributed by atoms with Crippen LogP contribution >= 0.6 is 15.9 Å². The van der Waals surface area contributed by atoms with E-state index in [1.807, 2.05) is 12.1 Å². The largest absolute Gasteiger partial charge is 0.481 e. The van der Waals surface area contributed by atoms with Crippen molar-refractivity contribution >= 4 is 33.5 Å². The molecule has 2 aliphatic heterocycles. The molecule has 5 nitrogen and oxygen atoms in total. The number of carboxylic acid groups (broad SMARTS) is 1. The minimum atomic E-state index is -0.952. The second-order valence-electron chi connectivity index (χ2n) is 5.18. The summed E-state index contributed by atoms with van der Waals surface area (Å²) in [5.41, 5.74) is 0.649. The third kappa shape index (κ3) is 2.33. The third-order valence-corrected chi connectivity index (χ3v) is 4.45. The molecule has 1 amide bonds. The molecule has 2 fully saturated rings. The third-order valence-electron chi connectivity index (χ3n) is 3.95. The molecule has 2 saturated heterocycles. The summed E-state index contributed by atoms with van der Waals surface area (Å²) in [6.45, 7) is 0. The number of benzene rings is 1. The van der Waals surface area contributed by atoms with Crippen LogP contribution < -0.4 is 5.32 Å². The number of hydrogen-bond acceptors (Lipinski definition) is 3. The number of rotatable bonds is 3. The molecule has 0 aromatic heterocycles. The van der Waals surface area contributed by atoms with Crippen molar-refractivity contribution in [2.75, 3.05) is 5.32 Å². The highest BCUT2D eigenvalue weighted by Gasteiger charge is 2.55. The maximum Gasteiger partial charge on any atom is 0.310 e. The first-order valence-electron chi connectivity index (χ1n) is 6.51. The van der Waals surface area contributed by atoms with Crippen LogP contribution in [-0.2, 0) is 14.3 Å². The van der Waals surface area contributed by atoms with Gasteiger partial charge in [-0.1, -0.05) is 22.0 Å². The Kier molecular flexibility index (Phi) is 3.52. The van der Waals surface area contributed by atoms with Gasteiger partial charge in [0.05, 0.1) is 24.0 Å². The van der Waals surface area contributed by atoms with Crippen molar-refractivity contribution in [2.24, 2.45) is 11.8 Å². The van der Waals surface area contributed by atoms with Crippen LogP contribution in [0.1, 0.15) is 12.8 Å². The fraction of sp³-hybridized carbons (Fsp3) is 0.429. The molecule has 0 radical (unpaired) electrons. The number of hydrogen-bond donors (Lipinski definition) is 2. The molecule has 4 atom stereocenters. The van der Waals surface area contributed by atoms with E-state index in [1.165, 1.54) is 0 Å². The molecule has 3 rings (SSSR count). The number of fused-ring (bicyclic) bond motifs is 2. The van der Waals surface area contributed by atoms with Gasteiger partial charge in [0.25, 0.3) is 0 Å². The lowest BCUT2D eigenvalue weighted by Crippen LogP contribution is -2.40. The number of amides is 1. The molecule has 2 bridgehead atoms. The van der Waals surface area contributed by atoms with Gasteiger partial charge in [0.2, 0.25) is 5.91 Å². The van der Waals surface area contributed by atoms with Crippen molar-refractivity contribution in [3.05, 3.63) is 28.7 Å². The van der Waals surface area contributed by atoms with E-state index in [4.69, 9.17) is 4.74 Å². The van der Waals surface area contributed by atoms with Crippen molar-refractivity contribution in [2.45, 2.75) is 25.0 Å². The highest BCUT2D eigenvalue weighted by molar-refractivity contribution is 9.10. The van der Waals surface area contributed by atoms with Crippen LogP contribution in [-0.4, -0.2) is 29.2 Å². The molecule has 1 aromatic rings. The molecule has 0 saturated carbocycles. The molecule has 0 aliphatic carbocycles. The second kappa shape index (κ2) is 5.18. The Morgan fingerprint density at radius 1 is 1.25 bits per heavy atom. The normalized spacial score (nSPS) is 31.2. The van der Waals surface area contributed by atoms with E-state index in [-0.39, 0.29) is 18.1 Å². The van der Waals surface area contributed by atoms with Gasteiger partial charge in [0.15, 0.2) is 0 Å². The van der Waals surface area contributed by atoms with Gasteiger partial charge >= 0.3 is 5.97 Å². The zero-order valence-corrected chi connectivity index (χ0v) is 12.2. The van der Waals surface area contributed by atoms with Gasteiger partial charge < -0.3 is 15.2 Å². The summed E-state index contributed by atoms with van der Waals surface area (Å²) in [5, 5.41) is 12.1. The van der Waals surface area contributed by atoms with Crippen molar-refractivity contribution in [3.63, 3.8) is 0 Å². The van der Waals surface area contributed by atoms with Gasteiger partial charge in [-0.3, -0.25) is 9.59 Å². The molecule has 0 unspecified atom stereocenters. The standard InChI is InChI=1S/C14H14BrNO4/c15-7-2-1-3-8(6-7)16-13(17)11-9-4-5-10(20-9)12(11)14(18)19/h1-3,6,9-12H,4-5H2,(H,16,17)(H,18,19)/t9-,10+,11+,12+/m1/s1. The molecule has 20 heavy (non-hydrogen) atoms. The predicted molar refractivity (Wildman–Crippen MR) is 75.3 cm³/mol. The smallest absolute Gasteiger partial charge is 0.310 e. The molecule has 6 heteroatoms. The summed E-state index contributed by atoms with van der Waals surface area (Å²) >= 11 is 3.33. The molecule has 2 aliphatic rings. The highest BCUT2D eigenvalue weighted by atomic mass is 79.9. The van der Waals surface area contributed by atoms with Gasteiger partial charge in [0.1, 0.15) is 0 Å². The van der Waals surface area contributed by atoms with Gasteiger partial charge in [-0.15, -0.1) is 0 Å². The van der Waals surface area contributed by atoms with Gasteiger partial charge in [-0.2, -0.15) is 0 Å². The van der Waals surface area contributed by atoms with E-state index in [0.717, 1.165) is 17.3 Å². The summed E-state index contributed by atoms with van der Waals surface area (Å²) in [4.78, 5) is 23.7. The molecule has 0 spiro atoms. The zero-order chi connectivity index (χ0) is 14.3. The molecule has 2 heterocycles. The summed E-state index contributed by atoms with van der Waals surface area (Å²) in [5.74, 6) is -2.57. The number of nitrogens with one attached hydrogen (secondary N) is 1. The number of ether oxygens (including phenoxy) is 1. The summed E-state index contributed by atoms with van der Waals surface area (Å²) in [6, 6.07) is 7.22. The number of aliphatic carboxylic acids is 1. The number of carbonyl (C=O) groups excluding carboxylic acids is 1. The van der Waals surface area contributed by atoms with Crippen LogP contribution in [0.5, 0.6) is 0 Å². The van der Waals surface area contributed by atoms with Crippen molar-refractivity contribution in [1.82, 2.24) is 0 Å². The Morgan fingerprint density at radius 3 is 2.60 bits per heavy atom. The van der Waals surface area contributed by atoms with Crippen LogP contribution in [0, 0.1) is 11.8 Å². The molecule has 106 valence electrons. The van der Waals surface area contributed by atoms with E-state index in [2.05, 4.69) is 21.2 Å². The second-order valence-corrected chi connectivity index (χ2v) is 6.10. The number of carbonyl (C=O) groups is 2. The first-order valence-corrected chi connectivity index (χ1v) is 7.30. The summed E-state index contributed by atoms with van der Waals surface area (Å²) in [6.07, 6.45) is 0.886. The fourth-order valence-corrected chi connectivity index (χ4v) is 3.52. The van der Waals surface area contributed by atoms with Gasteiger partial charge in [-0.25, -0.2) is 0 Å². The van der Waals surface area contributed by atoms with Crippen LogP contribution in [0.3, 0.4) is 0 Å². The minimum absolute atomic E-state index is 0.270. The van der Waals surface area contributed by atoms with Gasteiger partial charge in [0, 0.05) is 10.2 Å². The number of anilines is 1. The van der Waals surface area contributed by atoms with E-state index >= 15 is 0 Å². The van der Waals surface area contributed by atoms with E-state index in [1.54, 1.807) is 12.1 Å². The Hall–Kier alpha value is -1.40. The van der Waals surface area contributed by atoms with Crippen molar-refractivity contribution in [3.8, 4) is 0 Å². The SMILES string of the molecule is O=C(O)[C@@H]1[C@@H](C(=O)Nc2cccc(Br)c2)[C@H]2CC[C@@H]1O2. The Labute approximate surface area is 124 Å². The van der Waals surface area contributed by atoms with Crippen molar-refractivity contribution in [1.29, 1.82) is 0 Å². The lowest BCUT2D eigenvalue weighted by atomic mass is 9.78. The van der Waals surface area contributed by atoms with Crippen LogP contribution in [0.2, 0.25) is 0 Å². The lowest BCUT2D eigenvalue weighted by molar-refractivity contribution is -0.147. The quantitative estimate of drug-likeness (QED) is 0.885. The average molecular weight is 340 g/mol.